The summed E-state index contributed by atoms with van der Waals surface area (Å²) in [5.41, 5.74) is -1.39. The summed E-state index contributed by atoms with van der Waals surface area (Å²) in [4.78, 5) is 27.1. The first-order chi connectivity index (χ1) is 11.5. The van der Waals surface area contributed by atoms with Gasteiger partial charge in [0.1, 0.15) is 5.82 Å². The van der Waals surface area contributed by atoms with Crippen molar-refractivity contribution in [2.45, 2.75) is 6.92 Å². The summed E-state index contributed by atoms with van der Waals surface area (Å²) < 4.78 is 10.8. The van der Waals surface area contributed by atoms with Gasteiger partial charge in [0.05, 0.1) is 18.6 Å². The molecule has 126 valence electrons. The minimum atomic E-state index is -1.04. The van der Waals surface area contributed by atoms with E-state index < -0.39 is 22.0 Å². The molecule has 0 spiro atoms. The highest BCUT2D eigenvalue weighted by atomic mass is 16.6. The highest BCUT2D eigenvalue weighted by Crippen LogP contribution is 2.32. The molecule has 2 rings (SSSR count). The lowest BCUT2D eigenvalue weighted by atomic mass is 10.1. The Hall–Kier alpha value is -3.36. The van der Waals surface area contributed by atoms with Crippen molar-refractivity contribution in [2.75, 3.05) is 13.7 Å². The number of methoxy groups -OCH3 is 1. The van der Waals surface area contributed by atoms with Gasteiger partial charge < -0.3 is 19.6 Å². The van der Waals surface area contributed by atoms with Crippen LogP contribution in [0.5, 0.6) is 17.4 Å². The third-order valence-electron chi connectivity index (χ3n) is 3.02. The summed E-state index contributed by atoms with van der Waals surface area (Å²) in [7, 11) is 1.51. The monoisotopic (exact) mass is 333 g/mol. The van der Waals surface area contributed by atoms with Crippen molar-refractivity contribution in [1.82, 2.24) is 9.97 Å². The van der Waals surface area contributed by atoms with Gasteiger partial charge in [-0.05, 0) is 25.1 Å². The zero-order valence-corrected chi connectivity index (χ0v) is 13.0. The molecule has 0 saturated heterocycles. The number of nitrogens with one attached hydrogen (secondary N) is 1. The van der Waals surface area contributed by atoms with Crippen molar-refractivity contribution in [3.05, 3.63) is 50.1 Å². The van der Waals surface area contributed by atoms with Gasteiger partial charge in [-0.3, -0.25) is 14.9 Å². The molecule has 0 aliphatic heterocycles. The molecule has 0 bridgehead atoms. The second kappa shape index (κ2) is 7.27. The van der Waals surface area contributed by atoms with Gasteiger partial charge in [-0.2, -0.15) is 4.98 Å². The lowest BCUT2D eigenvalue weighted by molar-refractivity contribution is -0.387. The number of ether oxygens (including phenoxy) is 2. The fourth-order valence-electron chi connectivity index (χ4n) is 2.01. The van der Waals surface area contributed by atoms with Gasteiger partial charge in [-0.15, -0.1) is 0 Å². The van der Waals surface area contributed by atoms with Gasteiger partial charge in [0, 0.05) is 5.56 Å². The van der Waals surface area contributed by atoms with E-state index in [9.17, 15) is 20.0 Å². The van der Waals surface area contributed by atoms with Crippen molar-refractivity contribution in [1.29, 1.82) is 0 Å². The molecule has 0 fully saturated rings. The number of rotatable bonds is 6. The largest absolute Gasteiger partial charge is 0.493 e. The smallest absolute Gasteiger partial charge is 0.395 e. The number of nitro groups is 1. The van der Waals surface area contributed by atoms with Crippen molar-refractivity contribution < 1.29 is 19.5 Å². The summed E-state index contributed by atoms with van der Waals surface area (Å²) >= 11 is 0. The van der Waals surface area contributed by atoms with Gasteiger partial charge in [0.25, 0.3) is 5.88 Å². The van der Waals surface area contributed by atoms with E-state index in [4.69, 9.17) is 9.47 Å². The molecule has 1 aromatic heterocycles. The average Bonchev–Trinajstić information content (AvgIpc) is 2.53. The second-order valence-electron chi connectivity index (χ2n) is 4.53. The molecule has 0 amide bonds. The number of aromatic nitrogens is 2. The summed E-state index contributed by atoms with van der Waals surface area (Å²) in [5.74, 6) is 0.0617. The van der Waals surface area contributed by atoms with Crippen LogP contribution in [0.25, 0.3) is 12.2 Å². The lowest BCUT2D eigenvalue weighted by Gasteiger charge is -2.11. The maximum Gasteiger partial charge on any atom is 0.395 e. The molecule has 2 N–H and O–H groups in total. The number of aromatic hydroxyl groups is 1. The third kappa shape index (κ3) is 3.51. The Kier molecular flexibility index (Phi) is 5.15. The number of H-pyrrole nitrogens is 1. The zero-order chi connectivity index (χ0) is 17.7. The first kappa shape index (κ1) is 17.0. The van der Waals surface area contributed by atoms with Crippen LogP contribution < -0.4 is 15.0 Å². The molecule has 0 atom stereocenters. The zero-order valence-electron chi connectivity index (χ0n) is 13.0. The summed E-state index contributed by atoms with van der Waals surface area (Å²) in [6, 6.07) is 5.25. The first-order valence-electron chi connectivity index (χ1n) is 6.93. The number of nitrogens with zero attached hydrogens (tertiary/aromatic N) is 2. The molecule has 9 nitrogen and oxygen atoms in total. The summed E-state index contributed by atoms with van der Waals surface area (Å²) in [6.07, 6.45) is 2.97. The molecule has 0 aliphatic carbocycles. The van der Waals surface area contributed by atoms with Gasteiger partial charge in [0.15, 0.2) is 11.5 Å². The Morgan fingerprint density at radius 2 is 2.17 bits per heavy atom. The van der Waals surface area contributed by atoms with Gasteiger partial charge >= 0.3 is 11.2 Å². The predicted molar refractivity (Wildman–Crippen MR) is 86.3 cm³/mol. The van der Waals surface area contributed by atoms with Crippen LogP contribution in [0.2, 0.25) is 0 Å². The molecule has 9 heteroatoms. The topological polar surface area (TPSA) is 128 Å². The normalized spacial score (nSPS) is 10.8. The van der Waals surface area contributed by atoms with Crippen molar-refractivity contribution in [3.63, 3.8) is 0 Å². The standard InChI is InChI=1S/C15H15N3O6/c1-3-24-13-9(5-4-6-10(13)23-2)7-8-11-16-14(19)12(18(21)22)15(20)17-11/h4-8H,3H2,1-2H3,(H2,16,17,19,20)/b8-7+. The second-order valence-corrected chi connectivity index (χ2v) is 4.53. The van der Waals surface area contributed by atoms with Crippen LogP contribution in [-0.4, -0.2) is 33.7 Å². The Morgan fingerprint density at radius 3 is 2.75 bits per heavy atom. The number of hydrogen-bond donors (Lipinski definition) is 2. The maximum atomic E-state index is 11.6. The van der Waals surface area contributed by atoms with E-state index in [0.29, 0.717) is 23.7 Å². The van der Waals surface area contributed by atoms with Crippen LogP contribution in [0.1, 0.15) is 18.3 Å². The van der Waals surface area contributed by atoms with Crippen molar-refractivity contribution in [3.8, 4) is 17.4 Å². The molecular formula is C15H15N3O6. The van der Waals surface area contributed by atoms with E-state index in [2.05, 4.69) is 9.97 Å². The average molecular weight is 333 g/mol. The quantitative estimate of drug-likeness (QED) is 0.611. The van der Waals surface area contributed by atoms with Crippen LogP contribution >= 0.6 is 0 Å². The first-order valence-corrected chi connectivity index (χ1v) is 6.93. The van der Waals surface area contributed by atoms with Crippen molar-refractivity contribution >= 4 is 17.8 Å². The highest BCUT2D eigenvalue weighted by molar-refractivity contribution is 5.72. The molecule has 0 aliphatic rings. The van der Waals surface area contributed by atoms with Crippen LogP contribution in [0.4, 0.5) is 5.69 Å². The fourth-order valence-corrected chi connectivity index (χ4v) is 2.01. The third-order valence-corrected chi connectivity index (χ3v) is 3.02. The van der Waals surface area contributed by atoms with E-state index in [1.807, 2.05) is 6.92 Å². The predicted octanol–water partition coefficient (Wildman–Crippen LogP) is 1.96. The molecule has 0 unspecified atom stereocenters. The number of benzene rings is 1. The number of para-hydroxylation sites is 1. The minimum Gasteiger partial charge on any atom is -0.493 e. The molecule has 1 heterocycles. The minimum absolute atomic E-state index is 0.0339. The van der Waals surface area contributed by atoms with Gasteiger partial charge in [0.2, 0.25) is 0 Å². The van der Waals surface area contributed by atoms with Gasteiger partial charge in [-0.1, -0.05) is 12.1 Å². The van der Waals surface area contributed by atoms with E-state index in [0.717, 1.165) is 0 Å². The molecule has 1 aromatic carbocycles. The maximum absolute atomic E-state index is 11.6. The Labute approximate surface area is 136 Å². The van der Waals surface area contributed by atoms with Crippen LogP contribution in [0.15, 0.2) is 23.0 Å². The van der Waals surface area contributed by atoms with E-state index >= 15 is 0 Å². The van der Waals surface area contributed by atoms with E-state index in [-0.39, 0.29) is 5.82 Å². The summed E-state index contributed by atoms with van der Waals surface area (Å²) in [5, 5.41) is 20.2. The number of hydrogen-bond acceptors (Lipinski definition) is 7. The molecular weight excluding hydrogens is 318 g/mol. The Morgan fingerprint density at radius 1 is 1.42 bits per heavy atom. The van der Waals surface area contributed by atoms with Gasteiger partial charge in [-0.25, -0.2) is 0 Å². The molecule has 0 radical (unpaired) electrons. The molecule has 2 aromatic rings. The summed E-state index contributed by atoms with van der Waals surface area (Å²) in [6.45, 7) is 2.25. The molecule has 0 saturated carbocycles. The van der Waals surface area contributed by atoms with E-state index in [1.54, 1.807) is 24.3 Å². The molecule has 24 heavy (non-hydrogen) atoms. The Bertz CT molecular complexity index is 844. The number of aromatic amines is 1. The SMILES string of the molecule is CCOc1c(/C=C/c2nc(O)c([N+](=O)[O-])c(=O)[nH]2)cccc1OC. The van der Waals surface area contributed by atoms with Crippen LogP contribution in [0, 0.1) is 10.1 Å². The lowest BCUT2D eigenvalue weighted by Crippen LogP contribution is -2.14. The van der Waals surface area contributed by atoms with Crippen LogP contribution in [0.3, 0.4) is 0 Å². The van der Waals surface area contributed by atoms with Crippen LogP contribution in [-0.2, 0) is 0 Å². The highest BCUT2D eigenvalue weighted by Gasteiger charge is 2.21. The van der Waals surface area contributed by atoms with Crippen molar-refractivity contribution in [2.24, 2.45) is 0 Å². The fraction of sp³-hybridized carbons (Fsp3) is 0.200. The Balaban J connectivity index is 2.42. The van der Waals surface area contributed by atoms with E-state index in [1.165, 1.54) is 13.2 Å².